The van der Waals surface area contributed by atoms with Crippen LogP contribution >= 0.6 is 11.6 Å². The van der Waals surface area contributed by atoms with Crippen LogP contribution in [0.2, 0.25) is 5.02 Å². The van der Waals surface area contributed by atoms with Gasteiger partial charge in [0.1, 0.15) is 5.69 Å². The van der Waals surface area contributed by atoms with E-state index in [9.17, 15) is 8.42 Å². The lowest BCUT2D eigenvalue weighted by molar-refractivity contribution is 0.581. The van der Waals surface area contributed by atoms with Crippen LogP contribution in [0.4, 0.5) is 0 Å². The van der Waals surface area contributed by atoms with Gasteiger partial charge >= 0.3 is 0 Å². The summed E-state index contributed by atoms with van der Waals surface area (Å²) in [4.78, 5) is 9.22. The van der Waals surface area contributed by atoms with Crippen molar-refractivity contribution < 1.29 is 15.7 Å². The molecule has 34 heavy (non-hydrogen) atoms. The summed E-state index contributed by atoms with van der Waals surface area (Å²) in [6, 6.07) is 12.4. The Bertz CT molecular complexity index is 1440. The maximum atomic E-state index is 12.5. The van der Waals surface area contributed by atoms with Gasteiger partial charge in [-0.2, -0.15) is 0 Å². The second-order valence-electron chi connectivity index (χ2n) is 8.06. The van der Waals surface area contributed by atoms with Crippen LogP contribution in [0.1, 0.15) is 28.0 Å². The molecule has 1 N–H and O–H groups in total. The lowest BCUT2D eigenvalue weighted by Crippen LogP contribution is -2.13. The average Bonchev–Trinajstić information content (AvgIpc) is 3.30. The minimum Gasteiger partial charge on any atom is -0.415 e. The normalized spacial score (nSPS) is 11.8. The molecule has 0 aliphatic heterocycles. The van der Waals surface area contributed by atoms with Crippen molar-refractivity contribution in [3.05, 3.63) is 64.9 Å². The quantitative estimate of drug-likeness (QED) is 0.367. The fraction of sp³-hybridized carbons (Fsp3) is 0.250. The molecule has 0 spiro atoms. The number of benzene rings is 2. The first-order valence-electron chi connectivity index (χ1n) is 10.7. The van der Waals surface area contributed by atoms with Gasteiger partial charge in [0, 0.05) is 20.5 Å². The number of hydrogen-bond acceptors (Lipinski definition) is 8. The molecule has 180 valence electrons. The fourth-order valence-electron chi connectivity index (χ4n) is 3.34. The van der Waals surface area contributed by atoms with Crippen LogP contribution in [0.25, 0.3) is 34.3 Å². The van der Waals surface area contributed by atoms with E-state index in [-0.39, 0.29) is 18.7 Å². The summed E-state index contributed by atoms with van der Waals surface area (Å²) in [7, 11) is -1.55. The van der Waals surface area contributed by atoms with E-state index >= 15 is 0 Å². The van der Waals surface area contributed by atoms with E-state index in [2.05, 4.69) is 25.5 Å². The Balaban J connectivity index is 0.00000228. The third-order valence-electron chi connectivity index (χ3n) is 5.33. The molecule has 0 radical (unpaired) electrons. The van der Waals surface area contributed by atoms with Gasteiger partial charge in [-0.05, 0) is 63.7 Å². The molecule has 0 aliphatic carbocycles. The molecule has 4 aromatic rings. The Morgan fingerprint density at radius 3 is 2.44 bits per heavy atom. The summed E-state index contributed by atoms with van der Waals surface area (Å²) in [6.07, 6.45) is 1.58. The molecule has 4 rings (SSSR count). The summed E-state index contributed by atoms with van der Waals surface area (Å²) in [5, 5.41) is 11.1. The number of nitrogens with zero attached hydrogens (tertiary/aromatic N) is 4. The van der Waals surface area contributed by atoms with Crippen molar-refractivity contribution in [1.82, 2.24) is 25.5 Å². The number of rotatable bonds is 7. The standard InChI is InChI=1S/C24H24ClN5O3S.2H2/c1-14(2)34(31,32)18-9-10-19(20(25)11-18)21-13-27-15(3)22(28-21)24-30-29-23(33-24)17-7-5-16(6-8-17)12-26-4;;/h5-11,13-14,26H,12H2,1-4H3;2*1H. The van der Waals surface area contributed by atoms with Gasteiger partial charge in [0.25, 0.3) is 5.89 Å². The summed E-state index contributed by atoms with van der Waals surface area (Å²) in [5.74, 6) is 0.607. The third-order valence-corrected chi connectivity index (χ3v) is 7.80. The van der Waals surface area contributed by atoms with Gasteiger partial charge in [-0.1, -0.05) is 23.7 Å². The Hall–Kier alpha value is -3.14. The SMILES string of the molecule is CNCc1ccc(-c2nnc(-c3nc(-c4ccc(S(=O)(=O)C(C)C)cc4Cl)cnc3C)o2)cc1.[HH].[HH]. The molecule has 0 fully saturated rings. The lowest BCUT2D eigenvalue weighted by Gasteiger charge is -2.11. The van der Waals surface area contributed by atoms with Crippen molar-refractivity contribution in [2.45, 2.75) is 37.5 Å². The average molecular weight is 502 g/mol. The minimum atomic E-state index is -3.44. The van der Waals surface area contributed by atoms with E-state index in [1.807, 2.05) is 31.3 Å². The summed E-state index contributed by atoms with van der Waals surface area (Å²) in [5.41, 5.74) is 4.00. The van der Waals surface area contributed by atoms with Crippen LogP contribution in [-0.4, -0.2) is 40.9 Å². The molecule has 10 heteroatoms. The lowest BCUT2D eigenvalue weighted by atomic mass is 10.1. The third kappa shape index (κ3) is 4.72. The van der Waals surface area contributed by atoms with Gasteiger partial charge in [-0.25, -0.2) is 13.4 Å². The minimum absolute atomic E-state index is 0. The van der Waals surface area contributed by atoms with Crippen LogP contribution in [0.5, 0.6) is 0 Å². The second kappa shape index (κ2) is 9.61. The molecule has 2 aromatic carbocycles. The Morgan fingerprint density at radius 2 is 1.79 bits per heavy atom. The number of aromatic nitrogens is 4. The highest BCUT2D eigenvalue weighted by Gasteiger charge is 2.22. The molecule has 0 aliphatic rings. The van der Waals surface area contributed by atoms with Gasteiger partial charge in [0.2, 0.25) is 5.89 Å². The summed E-state index contributed by atoms with van der Waals surface area (Å²) >= 11 is 6.44. The van der Waals surface area contributed by atoms with Crippen molar-refractivity contribution in [2.24, 2.45) is 0 Å². The Kier molecular flexibility index (Phi) is 6.79. The van der Waals surface area contributed by atoms with E-state index in [0.717, 1.165) is 17.7 Å². The summed E-state index contributed by atoms with van der Waals surface area (Å²) < 4.78 is 30.8. The van der Waals surface area contributed by atoms with Crippen LogP contribution in [0.3, 0.4) is 0 Å². The predicted octanol–water partition coefficient (Wildman–Crippen LogP) is 5.22. The van der Waals surface area contributed by atoms with Crippen LogP contribution in [0, 0.1) is 6.92 Å². The smallest absolute Gasteiger partial charge is 0.268 e. The number of sulfone groups is 1. The fourth-order valence-corrected chi connectivity index (χ4v) is 4.77. The number of hydrogen-bond donors (Lipinski definition) is 1. The molecule has 0 saturated carbocycles. The van der Waals surface area contributed by atoms with Gasteiger partial charge in [0.15, 0.2) is 9.84 Å². The molecule has 0 bridgehead atoms. The van der Waals surface area contributed by atoms with Crippen molar-refractivity contribution >= 4 is 21.4 Å². The van der Waals surface area contributed by atoms with E-state index in [1.54, 1.807) is 33.0 Å². The highest BCUT2D eigenvalue weighted by molar-refractivity contribution is 7.92. The zero-order chi connectivity index (χ0) is 24.5. The predicted molar refractivity (Wildman–Crippen MR) is 135 cm³/mol. The summed E-state index contributed by atoms with van der Waals surface area (Å²) in [6.45, 7) is 5.82. The topological polar surface area (TPSA) is 111 Å². The second-order valence-corrected chi connectivity index (χ2v) is 11.0. The first-order chi connectivity index (χ1) is 16.2. The van der Waals surface area contributed by atoms with Crippen molar-refractivity contribution in [3.63, 3.8) is 0 Å². The van der Waals surface area contributed by atoms with Crippen LogP contribution in [0.15, 0.2) is 58.0 Å². The van der Waals surface area contributed by atoms with Crippen molar-refractivity contribution in [3.8, 4) is 34.3 Å². The Labute approximate surface area is 206 Å². The van der Waals surface area contributed by atoms with Gasteiger partial charge in [-0.15, -0.1) is 10.2 Å². The van der Waals surface area contributed by atoms with E-state index in [4.69, 9.17) is 16.0 Å². The number of aryl methyl sites for hydroxylation is 1. The first kappa shape index (κ1) is 24.0. The van der Waals surface area contributed by atoms with Crippen LogP contribution < -0.4 is 5.32 Å². The zero-order valence-corrected chi connectivity index (χ0v) is 20.8. The number of nitrogens with one attached hydrogen (secondary N) is 1. The molecule has 8 nitrogen and oxygen atoms in total. The van der Waals surface area contributed by atoms with Crippen molar-refractivity contribution in [1.29, 1.82) is 0 Å². The van der Waals surface area contributed by atoms with Gasteiger partial charge in [0.05, 0.1) is 32.8 Å². The first-order valence-corrected chi connectivity index (χ1v) is 12.6. The molecule has 0 amide bonds. The largest absolute Gasteiger partial charge is 0.415 e. The van der Waals surface area contributed by atoms with E-state index in [1.165, 1.54) is 12.1 Å². The van der Waals surface area contributed by atoms with Gasteiger partial charge in [-0.3, -0.25) is 4.98 Å². The van der Waals surface area contributed by atoms with Gasteiger partial charge < -0.3 is 9.73 Å². The molecule has 0 atom stereocenters. The maximum absolute atomic E-state index is 12.5. The van der Waals surface area contributed by atoms with E-state index in [0.29, 0.717) is 28.5 Å². The molecular weight excluding hydrogens is 474 g/mol. The highest BCUT2D eigenvalue weighted by Crippen LogP contribution is 2.32. The molecule has 2 aromatic heterocycles. The zero-order valence-electron chi connectivity index (χ0n) is 19.2. The monoisotopic (exact) mass is 501 g/mol. The van der Waals surface area contributed by atoms with E-state index < -0.39 is 15.1 Å². The molecular formula is C24H28ClN5O3S. The van der Waals surface area contributed by atoms with Crippen LogP contribution in [-0.2, 0) is 16.4 Å². The highest BCUT2D eigenvalue weighted by atomic mass is 35.5. The Morgan fingerprint density at radius 1 is 1.09 bits per heavy atom. The molecule has 0 saturated heterocycles. The number of halogens is 1. The molecule has 2 heterocycles. The maximum Gasteiger partial charge on any atom is 0.268 e. The molecule has 0 unspecified atom stereocenters. The van der Waals surface area contributed by atoms with Crippen molar-refractivity contribution in [2.75, 3.05) is 7.05 Å².